The van der Waals surface area contributed by atoms with Crippen LogP contribution >= 0.6 is 0 Å². The Hall–Kier alpha value is -1.62. The SMILES string of the molecule is CC(C)NC(=O)CCOc1c(F)cccc1CN. The Morgan fingerprint density at radius 3 is 2.83 bits per heavy atom. The largest absolute Gasteiger partial charge is 0.490 e. The Morgan fingerprint density at radius 1 is 1.50 bits per heavy atom. The zero-order valence-corrected chi connectivity index (χ0v) is 10.7. The summed E-state index contributed by atoms with van der Waals surface area (Å²) in [5.74, 6) is -0.435. The molecule has 0 saturated carbocycles. The smallest absolute Gasteiger partial charge is 0.223 e. The molecule has 0 atom stereocenters. The van der Waals surface area contributed by atoms with Crippen LogP contribution in [0.2, 0.25) is 0 Å². The number of hydrogen-bond acceptors (Lipinski definition) is 3. The van der Waals surface area contributed by atoms with Crippen LogP contribution in [-0.2, 0) is 11.3 Å². The summed E-state index contributed by atoms with van der Waals surface area (Å²) in [6, 6.07) is 4.68. The summed E-state index contributed by atoms with van der Waals surface area (Å²) in [4.78, 5) is 11.4. The summed E-state index contributed by atoms with van der Waals surface area (Å²) in [6.45, 7) is 4.09. The minimum absolute atomic E-state index is 0.0885. The normalized spacial score (nSPS) is 10.5. The van der Waals surface area contributed by atoms with Gasteiger partial charge in [0.05, 0.1) is 13.0 Å². The highest BCUT2D eigenvalue weighted by Crippen LogP contribution is 2.22. The number of carbonyl (C=O) groups excluding carboxylic acids is 1. The predicted octanol–water partition coefficient (Wildman–Crippen LogP) is 1.58. The topological polar surface area (TPSA) is 64.3 Å². The molecule has 0 radical (unpaired) electrons. The van der Waals surface area contributed by atoms with Gasteiger partial charge >= 0.3 is 0 Å². The first-order valence-corrected chi connectivity index (χ1v) is 5.94. The Morgan fingerprint density at radius 2 is 2.22 bits per heavy atom. The van der Waals surface area contributed by atoms with Crippen LogP contribution in [0.4, 0.5) is 4.39 Å². The lowest BCUT2D eigenvalue weighted by atomic mass is 10.2. The molecule has 0 saturated heterocycles. The summed E-state index contributed by atoms with van der Waals surface area (Å²) in [6.07, 6.45) is 0.191. The van der Waals surface area contributed by atoms with Crippen molar-refractivity contribution in [2.45, 2.75) is 32.9 Å². The van der Waals surface area contributed by atoms with Crippen molar-refractivity contribution in [3.05, 3.63) is 29.6 Å². The number of para-hydroxylation sites is 1. The van der Waals surface area contributed by atoms with Crippen LogP contribution in [0.15, 0.2) is 18.2 Å². The average molecular weight is 254 g/mol. The molecule has 0 heterocycles. The first-order valence-electron chi connectivity index (χ1n) is 5.94. The number of ether oxygens (including phenoxy) is 1. The Bertz CT molecular complexity index is 408. The fourth-order valence-electron chi connectivity index (χ4n) is 1.52. The molecule has 0 aliphatic carbocycles. The van der Waals surface area contributed by atoms with Gasteiger partial charge in [0.15, 0.2) is 11.6 Å². The van der Waals surface area contributed by atoms with Crippen molar-refractivity contribution in [2.24, 2.45) is 5.73 Å². The van der Waals surface area contributed by atoms with Crippen molar-refractivity contribution in [1.82, 2.24) is 5.32 Å². The quantitative estimate of drug-likeness (QED) is 0.810. The molecule has 18 heavy (non-hydrogen) atoms. The molecule has 1 aromatic carbocycles. The Balaban J connectivity index is 2.51. The predicted molar refractivity (Wildman–Crippen MR) is 67.7 cm³/mol. The maximum atomic E-state index is 13.5. The summed E-state index contributed by atoms with van der Waals surface area (Å²) < 4.78 is 18.8. The summed E-state index contributed by atoms with van der Waals surface area (Å²) in [7, 11) is 0. The second-order valence-corrected chi connectivity index (χ2v) is 4.25. The highest BCUT2D eigenvalue weighted by atomic mass is 19.1. The molecule has 0 aromatic heterocycles. The molecular weight excluding hydrogens is 235 g/mol. The second-order valence-electron chi connectivity index (χ2n) is 4.25. The van der Waals surface area contributed by atoms with Crippen molar-refractivity contribution in [3.8, 4) is 5.75 Å². The van der Waals surface area contributed by atoms with Crippen molar-refractivity contribution in [1.29, 1.82) is 0 Å². The van der Waals surface area contributed by atoms with Crippen LogP contribution in [0.3, 0.4) is 0 Å². The first kappa shape index (κ1) is 14.4. The highest BCUT2D eigenvalue weighted by molar-refractivity contribution is 5.76. The zero-order valence-electron chi connectivity index (χ0n) is 10.7. The summed E-state index contributed by atoms with van der Waals surface area (Å²) in [5, 5.41) is 2.73. The van der Waals surface area contributed by atoms with E-state index in [-0.39, 0.29) is 37.3 Å². The zero-order chi connectivity index (χ0) is 13.5. The fraction of sp³-hybridized carbons (Fsp3) is 0.462. The number of nitrogens with one attached hydrogen (secondary N) is 1. The molecule has 4 nitrogen and oxygen atoms in total. The van der Waals surface area contributed by atoms with Gasteiger partial charge in [-0.25, -0.2) is 4.39 Å². The van der Waals surface area contributed by atoms with Crippen LogP contribution in [-0.4, -0.2) is 18.6 Å². The van der Waals surface area contributed by atoms with Gasteiger partial charge in [-0.2, -0.15) is 0 Å². The molecule has 5 heteroatoms. The number of amides is 1. The minimum atomic E-state index is -0.456. The second kappa shape index (κ2) is 6.96. The molecule has 0 unspecified atom stereocenters. The molecular formula is C13H19FN2O2. The maximum Gasteiger partial charge on any atom is 0.223 e. The average Bonchev–Trinajstić information content (AvgIpc) is 2.30. The molecule has 1 aromatic rings. The fourth-order valence-corrected chi connectivity index (χ4v) is 1.52. The lowest BCUT2D eigenvalue weighted by Crippen LogP contribution is -2.31. The van der Waals surface area contributed by atoms with Gasteiger partial charge in [0.25, 0.3) is 0 Å². The standard InChI is InChI=1S/C13H19FN2O2/c1-9(2)16-12(17)6-7-18-13-10(8-15)4-3-5-11(13)14/h3-5,9H,6-8,15H2,1-2H3,(H,16,17). The summed E-state index contributed by atoms with van der Waals surface area (Å²) in [5.41, 5.74) is 6.09. The van der Waals surface area contributed by atoms with Gasteiger partial charge in [-0.15, -0.1) is 0 Å². The number of benzene rings is 1. The van der Waals surface area contributed by atoms with Crippen molar-refractivity contribution < 1.29 is 13.9 Å². The Labute approximate surface area is 106 Å². The van der Waals surface area contributed by atoms with Crippen LogP contribution < -0.4 is 15.8 Å². The van der Waals surface area contributed by atoms with E-state index in [4.69, 9.17) is 10.5 Å². The highest BCUT2D eigenvalue weighted by Gasteiger charge is 2.10. The Kier molecular flexibility index (Phi) is 5.58. The van der Waals surface area contributed by atoms with Crippen LogP contribution in [0.25, 0.3) is 0 Å². The van der Waals surface area contributed by atoms with Gasteiger partial charge in [-0.1, -0.05) is 12.1 Å². The van der Waals surface area contributed by atoms with Crippen LogP contribution in [0, 0.1) is 5.82 Å². The van der Waals surface area contributed by atoms with Gasteiger partial charge in [0, 0.05) is 18.2 Å². The first-order chi connectivity index (χ1) is 8.54. The molecule has 0 fully saturated rings. The maximum absolute atomic E-state index is 13.5. The van der Waals surface area contributed by atoms with Gasteiger partial charge in [0.1, 0.15) is 0 Å². The van der Waals surface area contributed by atoms with Crippen LogP contribution in [0.1, 0.15) is 25.8 Å². The molecule has 1 rings (SSSR count). The molecule has 0 aliphatic heterocycles. The number of carbonyl (C=O) groups is 1. The van der Waals surface area contributed by atoms with Crippen molar-refractivity contribution >= 4 is 5.91 Å². The van der Waals surface area contributed by atoms with E-state index in [1.54, 1.807) is 12.1 Å². The molecule has 100 valence electrons. The van der Waals surface area contributed by atoms with Crippen LogP contribution in [0.5, 0.6) is 5.75 Å². The van der Waals surface area contributed by atoms with Gasteiger partial charge < -0.3 is 15.8 Å². The van der Waals surface area contributed by atoms with Gasteiger partial charge in [-0.3, -0.25) is 4.79 Å². The van der Waals surface area contributed by atoms with E-state index in [1.165, 1.54) is 6.07 Å². The third-order valence-corrected chi connectivity index (χ3v) is 2.29. The number of hydrogen-bond donors (Lipinski definition) is 2. The molecule has 3 N–H and O–H groups in total. The van der Waals surface area contributed by atoms with E-state index in [0.29, 0.717) is 5.56 Å². The van der Waals surface area contributed by atoms with Crippen molar-refractivity contribution in [2.75, 3.05) is 6.61 Å². The molecule has 0 aliphatic rings. The summed E-state index contributed by atoms with van der Waals surface area (Å²) >= 11 is 0. The van der Waals surface area contributed by atoms with E-state index < -0.39 is 5.82 Å². The lowest BCUT2D eigenvalue weighted by molar-refractivity contribution is -0.122. The number of nitrogens with two attached hydrogens (primary N) is 1. The van der Waals surface area contributed by atoms with Gasteiger partial charge in [-0.05, 0) is 19.9 Å². The molecule has 0 spiro atoms. The third kappa shape index (κ3) is 4.33. The number of rotatable bonds is 6. The molecule has 1 amide bonds. The van der Waals surface area contributed by atoms with E-state index in [2.05, 4.69) is 5.32 Å². The van der Waals surface area contributed by atoms with E-state index in [1.807, 2.05) is 13.8 Å². The van der Waals surface area contributed by atoms with Gasteiger partial charge in [0.2, 0.25) is 5.91 Å². The monoisotopic (exact) mass is 254 g/mol. The van der Waals surface area contributed by atoms with E-state index in [0.717, 1.165) is 0 Å². The van der Waals surface area contributed by atoms with E-state index >= 15 is 0 Å². The minimum Gasteiger partial charge on any atom is -0.490 e. The van der Waals surface area contributed by atoms with Crippen molar-refractivity contribution in [3.63, 3.8) is 0 Å². The van der Waals surface area contributed by atoms with E-state index in [9.17, 15) is 9.18 Å². The lowest BCUT2D eigenvalue weighted by Gasteiger charge is -2.12. The molecule has 0 bridgehead atoms. The number of halogens is 1. The third-order valence-electron chi connectivity index (χ3n) is 2.29.